The average Bonchev–Trinajstić information content (AvgIpc) is 2.76. The van der Waals surface area contributed by atoms with Gasteiger partial charge in [-0.3, -0.25) is 4.90 Å². The Bertz CT molecular complexity index is 446. The van der Waals surface area contributed by atoms with E-state index in [9.17, 15) is 13.6 Å². The molecule has 1 amide bonds. The lowest BCUT2D eigenvalue weighted by atomic mass is 10.3. The molecule has 1 heterocycles. The van der Waals surface area contributed by atoms with E-state index >= 15 is 0 Å². The topological polar surface area (TPSA) is 29.5 Å². The van der Waals surface area contributed by atoms with Crippen molar-refractivity contribution in [1.82, 2.24) is 4.90 Å². The van der Waals surface area contributed by atoms with E-state index in [1.807, 2.05) is 0 Å². The van der Waals surface area contributed by atoms with Crippen LogP contribution >= 0.6 is 0 Å². The first kappa shape index (κ1) is 10.6. The molecule has 2 rings (SSSR count). The van der Waals surface area contributed by atoms with Gasteiger partial charge in [0.25, 0.3) is 0 Å². The molecule has 3 nitrogen and oxygen atoms in total. The lowest BCUT2D eigenvalue weighted by Crippen LogP contribution is -2.27. The molecule has 0 atom stereocenters. The molecule has 1 aromatic rings. The Hall–Kier alpha value is -1.91. The minimum absolute atomic E-state index is 0.398. The Morgan fingerprint density at radius 3 is 2.88 bits per heavy atom. The SMILES string of the molecule is O=C(Oc1cc(F)ccc1F)N1C=CCC1. The van der Waals surface area contributed by atoms with Gasteiger partial charge in [0.05, 0.1) is 0 Å². The Morgan fingerprint density at radius 2 is 2.19 bits per heavy atom. The van der Waals surface area contributed by atoms with Gasteiger partial charge in [-0.05, 0) is 18.6 Å². The first-order valence-electron chi connectivity index (χ1n) is 4.77. The second kappa shape index (κ2) is 4.30. The third-order valence-corrected chi connectivity index (χ3v) is 2.15. The number of hydrogen-bond donors (Lipinski definition) is 0. The van der Waals surface area contributed by atoms with Gasteiger partial charge in [-0.15, -0.1) is 0 Å². The fraction of sp³-hybridized carbons (Fsp3) is 0.182. The van der Waals surface area contributed by atoms with Gasteiger partial charge in [-0.1, -0.05) is 6.08 Å². The van der Waals surface area contributed by atoms with Crippen molar-refractivity contribution in [1.29, 1.82) is 0 Å². The highest BCUT2D eigenvalue weighted by molar-refractivity contribution is 5.72. The molecule has 1 aromatic carbocycles. The summed E-state index contributed by atoms with van der Waals surface area (Å²) in [5.74, 6) is -1.82. The second-order valence-electron chi connectivity index (χ2n) is 3.31. The summed E-state index contributed by atoms with van der Waals surface area (Å²) in [6, 6.07) is 2.72. The van der Waals surface area contributed by atoms with Crippen molar-refractivity contribution in [3.63, 3.8) is 0 Å². The number of carbonyl (C=O) groups excluding carboxylic acids is 1. The van der Waals surface area contributed by atoms with E-state index in [2.05, 4.69) is 0 Å². The molecule has 0 radical (unpaired) electrons. The number of nitrogens with zero attached hydrogens (tertiary/aromatic N) is 1. The van der Waals surface area contributed by atoms with Crippen LogP contribution in [-0.2, 0) is 0 Å². The number of rotatable bonds is 1. The number of ether oxygens (including phenoxy) is 1. The van der Waals surface area contributed by atoms with E-state index in [0.717, 1.165) is 24.6 Å². The molecule has 0 saturated carbocycles. The molecule has 0 aromatic heterocycles. The second-order valence-corrected chi connectivity index (χ2v) is 3.31. The summed E-state index contributed by atoms with van der Waals surface area (Å²) in [4.78, 5) is 12.7. The first-order chi connectivity index (χ1) is 7.66. The summed E-state index contributed by atoms with van der Waals surface area (Å²) in [6.45, 7) is 0.496. The Balaban J connectivity index is 2.11. The predicted molar refractivity (Wildman–Crippen MR) is 52.8 cm³/mol. The zero-order chi connectivity index (χ0) is 11.5. The Labute approximate surface area is 90.9 Å². The molecule has 0 bridgehead atoms. The molecule has 16 heavy (non-hydrogen) atoms. The lowest BCUT2D eigenvalue weighted by Gasteiger charge is -2.13. The molecule has 0 N–H and O–H groups in total. The summed E-state index contributed by atoms with van der Waals surface area (Å²) in [6.07, 6.45) is 3.38. The normalized spacial score (nSPS) is 14.2. The quantitative estimate of drug-likeness (QED) is 0.735. The van der Waals surface area contributed by atoms with E-state index in [4.69, 9.17) is 4.74 Å². The highest BCUT2D eigenvalue weighted by Crippen LogP contribution is 2.19. The summed E-state index contributed by atoms with van der Waals surface area (Å²) >= 11 is 0. The van der Waals surface area contributed by atoms with Crippen LogP contribution in [0.15, 0.2) is 30.5 Å². The van der Waals surface area contributed by atoms with E-state index in [-0.39, 0.29) is 0 Å². The molecule has 1 aliphatic heterocycles. The molecule has 5 heteroatoms. The molecule has 0 fully saturated rings. The first-order valence-corrected chi connectivity index (χ1v) is 4.77. The van der Waals surface area contributed by atoms with Crippen molar-refractivity contribution in [3.05, 3.63) is 42.1 Å². The van der Waals surface area contributed by atoms with Crippen LogP contribution in [0.25, 0.3) is 0 Å². The van der Waals surface area contributed by atoms with E-state index in [0.29, 0.717) is 6.54 Å². The van der Waals surface area contributed by atoms with Gasteiger partial charge in [0, 0.05) is 18.8 Å². The van der Waals surface area contributed by atoms with Gasteiger partial charge in [0.2, 0.25) is 0 Å². The van der Waals surface area contributed by atoms with Crippen LogP contribution in [0.4, 0.5) is 13.6 Å². The number of hydrogen-bond acceptors (Lipinski definition) is 2. The monoisotopic (exact) mass is 225 g/mol. The highest BCUT2D eigenvalue weighted by Gasteiger charge is 2.17. The van der Waals surface area contributed by atoms with Crippen molar-refractivity contribution < 1.29 is 18.3 Å². The average molecular weight is 225 g/mol. The Morgan fingerprint density at radius 1 is 1.38 bits per heavy atom. The third-order valence-electron chi connectivity index (χ3n) is 2.15. The zero-order valence-electron chi connectivity index (χ0n) is 8.32. The number of benzene rings is 1. The predicted octanol–water partition coefficient (Wildman–Crippen LogP) is 2.68. The van der Waals surface area contributed by atoms with Crippen molar-refractivity contribution in [3.8, 4) is 5.75 Å². The standard InChI is InChI=1S/C11H9F2NO2/c12-8-3-4-9(13)10(7-8)16-11(15)14-5-1-2-6-14/h1,3-5,7H,2,6H2. The summed E-state index contributed by atoms with van der Waals surface area (Å²) in [7, 11) is 0. The molecule has 0 spiro atoms. The van der Waals surface area contributed by atoms with Crippen molar-refractivity contribution in [2.45, 2.75) is 6.42 Å². The molecule has 84 valence electrons. The molecule has 0 saturated heterocycles. The zero-order valence-corrected chi connectivity index (χ0v) is 8.32. The van der Waals surface area contributed by atoms with Gasteiger partial charge >= 0.3 is 6.09 Å². The van der Waals surface area contributed by atoms with Crippen LogP contribution in [0.2, 0.25) is 0 Å². The summed E-state index contributed by atoms with van der Waals surface area (Å²) in [5.41, 5.74) is 0. The van der Waals surface area contributed by atoms with Crippen LogP contribution < -0.4 is 4.74 Å². The highest BCUT2D eigenvalue weighted by atomic mass is 19.1. The van der Waals surface area contributed by atoms with Crippen LogP contribution in [-0.4, -0.2) is 17.5 Å². The molecule has 0 unspecified atom stereocenters. The largest absolute Gasteiger partial charge is 0.419 e. The van der Waals surface area contributed by atoms with Gasteiger partial charge in [0.15, 0.2) is 11.6 Å². The maximum absolute atomic E-state index is 13.1. The van der Waals surface area contributed by atoms with Crippen LogP contribution in [0, 0.1) is 11.6 Å². The maximum atomic E-state index is 13.1. The smallest absolute Gasteiger partial charge is 0.407 e. The minimum Gasteiger partial charge on any atom is -0.407 e. The van der Waals surface area contributed by atoms with Crippen molar-refractivity contribution >= 4 is 6.09 Å². The van der Waals surface area contributed by atoms with E-state index < -0.39 is 23.5 Å². The molecular formula is C11H9F2NO2. The minimum atomic E-state index is -0.766. The summed E-state index contributed by atoms with van der Waals surface area (Å²) < 4.78 is 30.7. The number of carbonyl (C=O) groups is 1. The fourth-order valence-electron chi connectivity index (χ4n) is 1.35. The van der Waals surface area contributed by atoms with Crippen LogP contribution in [0.5, 0.6) is 5.75 Å². The third kappa shape index (κ3) is 2.18. The van der Waals surface area contributed by atoms with E-state index in [1.165, 1.54) is 4.90 Å². The molecular weight excluding hydrogens is 216 g/mol. The van der Waals surface area contributed by atoms with Crippen molar-refractivity contribution in [2.24, 2.45) is 0 Å². The fourth-order valence-corrected chi connectivity index (χ4v) is 1.35. The van der Waals surface area contributed by atoms with Gasteiger partial charge < -0.3 is 4.74 Å². The maximum Gasteiger partial charge on any atom is 0.419 e. The van der Waals surface area contributed by atoms with Crippen LogP contribution in [0.3, 0.4) is 0 Å². The number of halogens is 2. The Kier molecular flexibility index (Phi) is 2.85. The van der Waals surface area contributed by atoms with Crippen molar-refractivity contribution in [2.75, 3.05) is 6.54 Å². The van der Waals surface area contributed by atoms with Gasteiger partial charge in [-0.2, -0.15) is 0 Å². The molecule has 1 aliphatic rings. The van der Waals surface area contributed by atoms with E-state index in [1.54, 1.807) is 12.3 Å². The van der Waals surface area contributed by atoms with Gasteiger partial charge in [-0.25, -0.2) is 13.6 Å². The van der Waals surface area contributed by atoms with Gasteiger partial charge in [0.1, 0.15) is 5.82 Å². The lowest BCUT2D eigenvalue weighted by molar-refractivity contribution is 0.170. The number of amides is 1. The van der Waals surface area contributed by atoms with Crippen LogP contribution in [0.1, 0.15) is 6.42 Å². The molecule has 0 aliphatic carbocycles. The summed E-state index contributed by atoms with van der Waals surface area (Å²) in [5, 5.41) is 0.